The molecule has 0 bridgehead atoms. The molecule has 3 rings (SSSR count). The van der Waals surface area contributed by atoms with Crippen LogP contribution >= 0.6 is 0 Å². The minimum atomic E-state index is -0.423. The SMILES string of the molecule is Cc1onc(-c2ccccc2F)c1C(=O)NCCN1CCCCC1. The van der Waals surface area contributed by atoms with E-state index in [0.29, 0.717) is 17.9 Å². The van der Waals surface area contributed by atoms with E-state index in [0.717, 1.165) is 19.6 Å². The summed E-state index contributed by atoms with van der Waals surface area (Å²) in [5.41, 5.74) is 0.829. The summed E-state index contributed by atoms with van der Waals surface area (Å²) in [6, 6.07) is 6.25. The molecule has 0 saturated carbocycles. The lowest BCUT2D eigenvalue weighted by Crippen LogP contribution is -2.37. The number of nitrogens with one attached hydrogen (secondary N) is 1. The van der Waals surface area contributed by atoms with Gasteiger partial charge in [0.1, 0.15) is 22.8 Å². The van der Waals surface area contributed by atoms with Crippen LogP contribution in [-0.2, 0) is 0 Å². The van der Waals surface area contributed by atoms with Gasteiger partial charge in [0, 0.05) is 18.7 Å². The Bertz CT molecular complexity index is 708. The predicted molar refractivity (Wildman–Crippen MR) is 89.3 cm³/mol. The number of halogens is 1. The number of amides is 1. The zero-order valence-corrected chi connectivity index (χ0v) is 13.8. The van der Waals surface area contributed by atoms with Gasteiger partial charge in [0.25, 0.3) is 5.91 Å². The number of rotatable bonds is 5. The van der Waals surface area contributed by atoms with Crippen molar-refractivity contribution >= 4 is 5.91 Å². The molecule has 5 nitrogen and oxygen atoms in total. The van der Waals surface area contributed by atoms with Gasteiger partial charge in [0.2, 0.25) is 0 Å². The van der Waals surface area contributed by atoms with Crippen LogP contribution in [0.15, 0.2) is 28.8 Å². The Kier molecular flexibility index (Phi) is 5.25. The molecule has 0 atom stereocenters. The van der Waals surface area contributed by atoms with Crippen LogP contribution < -0.4 is 5.32 Å². The van der Waals surface area contributed by atoms with Crippen LogP contribution in [0.1, 0.15) is 35.4 Å². The normalized spacial score (nSPS) is 15.4. The number of piperidine rings is 1. The number of nitrogens with zero attached hydrogens (tertiary/aromatic N) is 2. The molecule has 0 spiro atoms. The van der Waals surface area contributed by atoms with Crippen LogP contribution in [0.4, 0.5) is 4.39 Å². The van der Waals surface area contributed by atoms with Crippen LogP contribution in [0.5, 0.6) is 0 Å². The highest BCUT2D eigenvalue weighted by atomic mass is 19.1. The summed E-state index contributed by atoms with van der Waals surface area (Å²) >= 11 is 0. The molecule has 128 valence electrons. The van der Waals surface area contributed by atoms with Gasteiger partial charge in [-0.15, -0.1) is 0 Å². The Labute approximate surface area is 140 Å². The van der Waals surface area contributed by atoms with Crippen molar-refractivity contribution < 1.29 is 13.7 Å². The van der Waals surface area contributed by atoms with E-state index >= 15 is 0 Å². The molecule has 0 aliphatic carbocycles. The fourth-order valence-electron chi connectivity index (χ4n) is 3.08. The third kappa shape index (κ3) is 3.64. The van der Waals surface area contributed by atoms with Gasteiger partial charge in [0.05, 0.1) is 0 Å². The zero-order chi connectivity index (χ0) is 16.9. The summed E-state index contributed by atoms with van der Waals surface area (Å²) in [5, 5.41) is 6.78. The third-order valence-electron chi connectivity index (χ3n) is 4.38. The second-order valence-corrected chi connectivity index (χ2v) is 6.10. The highest BCUT2D eigenvalue weighted by molar-refractivity contribution is 6.00. The highest BCUT2D eigenvalue weighted by Crippen LogP contribution is 2.27. The van der Waals surface area contributed by atoms with Gasteiger partial charge >= 0.3 is 0 Å². The van der Waals surface area contributed by atoms with Crippen molar-refractivity contribution in [3.05, 3.63) is 41.4 Å². The molecule has 6 heteroatoms. The van der Waals surface area contributed by atoms with E-state index in [1.807, 2.05) is 0 Å². The van der Waals surface area contributed by atoms with Crippen LogP contribution in [0, 0.1) is 12.7 Å². The average molecular weight is 331 g/mol. The maximum absolute atomic E-state index is 14.0. The molecule has 1 aliphatic heterocycles. The van der Waals surface area contributed by atoms with E-state index in [1.165, 1.54) is 25.3 Å². The van der Waals surface area contributed by atoms with Crippen molar-refractivity contribution in [3.8, 4) is 11.3 Å². The molecule has 1 aliphatic rings. The van der Waals surface area contributed by atoms with Crippen LogP contribution in [-0.4, -0.2) is 42.1 Å². The number of aromatic nitrogens is 1. The van der Waals surface area contributed by atoms with Crippen molar-refractivity contribution in [2.45, 2.75) is 26.2 Å². The lowest BCUT2D eigenvalue weighted by molar-refractivity contribution is 0.0945. The topological polar surface area (TPSA) is 58.4 Å². The van der Waals surface area contributed by atoms with Crippen molar-refractivity contribution in [1.29, 1.82) is 0 Å². The number of likely N-dealkylation sites (tertiary alicyclic amines) is 1. The largest absolute Gasteiger partial charge is 0.360 e. The molecule has 1 aromatic heterocycles. The fraction of sp³-hybridized carbons (Fsp3) is 0.444. The first-order valence-corrected chi connectivity index (χ1v) is 8.38. The van der Waals surface area contributed by atoms with E-state index in [2.05, 4.69) is 15.4 Å². The lowest BCUT2D eigenvalue weighted by atomic mass is 10.1. The Hall–Kier alpha value is -2.21. The summed E-state index contributed by atoms with van der Waals surface area (Å²) in [7, 11) is 0. The minimum absolute atomic E-state index is 0.251. The van der Waals surface area contributed by atoms with E-state index in [1.54, 1.807) is 25.1 Å². The molecule has 0 radical (unpaired) electrons. The minimum Gasteiger partial charge on any atom is -0.360 e. The first kappa shape index (κ1) is 16.6. The fourth-order valence-corrected chi connectivity index (χ4v) is 3.08. The second kappa shape index (κ2) is 7.57. The van der Waals surface area contributed by atoms with Gasteiger partial charge in [0.15, 0.2) is 0 Å². The van der Waals surface area contributed by atoms with Gasteiger partial charge < -0.3 is 14.7 Å². The Morgan fingerprint density at radius 1 is 1.29 bits per heavy atom. The predicted octanol–water partition coefficient (Wildman–Crippen LogP) is 3.00. The molecule has 1 fully saturated rings. The van der Waals surface area contributed by atoms with Crippen LogP contribution in [0.3, 0.4) is 0 Å². The summed E-state index contributed by atoms with van der Waals surface area (Å²) in [5.74, 6) is -0.305. The summed E-state index contributed by atoms with van der Waals surface area (Å²) in [4.78, 5) is 14.9. The Morgan fingerprint density at radius 2 is 2.04 bits per heavy atom. The average Bonchev–Trinajstić information content (AvgIpc) is 2.97. The number of hydrogen-bond acceptors (Lipinski definition) is 4. The molecule has 0 unspecified atom stereocenters. The van der Waals surface area contributed by atoms with Gasteiger partial charge in [-0.1, -0.05) is 23.7 Å². The number of benzene rings is 1. The van der Waals surface area contributed by atoms with Gasteiger partial charge in [-0.25, -0.2) is 4.39 Å². The zero-order valence-electron chi connectivity index (χ0n) is 13.8. The van der Waals surface area contributed by atoms with E-state index in [9.17, 15) is 9.18 Å². The van der Waals surface area contributed by atoms with Crippen molar-refractivity contribution in [1.82, 2.24) is 15.4 Å². The van der Waals surface area contributed by atoms with Crippen molar-refractivity contribution in [3.63, 3.8) is 0 Å². The monoisotopic (exact) mass is 331 g/mol. The molecule has 2 heterocycles. The highest BCUT2D eigenvalue weighted by Gasteiger charge is 2.23. The van der Waals surface area contributed by atoms with E-state index in [-0.39, 0.29) is 17.2 Å². The molecule has 1 aromatic carbocycles. The smallest absolute Gasteiger partial charge is 0.257 e. The van der Waals surface area contributed by atoms with E-state index in [4.69, 9.17) is 4.52 Å². The number of carbonyl (C=O) groups excluding carboxylic acids is 1. The van der Waals surface area contributed by atoms with E-state index < -0.39 is 5.82 Å². The Balaban J connectivity index is 1.69. The first-order chi connectivity index (χ1) is 11.7. The molecular weight excluding hydrogens is 309 g/mol. The molecule has 1 saturated heterocycles. The molecule has 2 aromatic rings. The lowest BCUT2D eigenvalue weighted by Gasteiger charge is -2.26. The summed E-state index contributed by atoms with van der Waals surface area (Å²) in [6.07, 6.45) is 3.72. The molecule has 24 heavy (non-hydrogen) atoms. The second-order valence-electron chi connectivity index (χ2n) is 6.10. The Morgan fingerprint density at radius 3 is 2.79 bits per heavy atom. The quantitative estimate of drug-likeness (QED) is 0.915. The summed E-state index contributed by atoms with van der Waals surface area (Å²) < 4.78 is 19.1. The molecular formula is C18H22FN3O2. The van der Waals surface area contributed by atoms with Crippen molar-refractivity contribution in [2.24, 2.45) is 0 Å². The van der Waals surface area contributed by atoms with Gasteiger partial charge in [-0.05, 0) is 45.0 Å². The maximum atomic E-state index is 14.0. The van der Waals surface area contributed by atoms with Crippen LogP contribution in [0.25, 0.3) is 11.3 Å². The first-order valence-electron chi connectivity index (χ1n) is 8.38. The third-order valence-corrected chi connectivity index (χ3v) is 4.38. The molecule has 1 N–H and O–H groups in total. The number of carbonyl (C=O) groups is 1. The van der Waals surface area contributed by atoms with Gasteiger partial charge in [-0.2, -0.15) is 0 Å². The number of aryl methyl sites for hydroxylation is 1. The van der Waals surface area contributed by atoms with Crippen molar-refractivity contribution in [2.75, 3.05) is 26.2 Å². The molecule has 1 amide bonds. The van der Waals surface area contributed by atoms with Gasteiger partial charge in [-0.3, -0.25) is 4.79 Å². The number of hydrogen-bond donors (Lipinski definition) is 1. The standard InChI is InChI=1S/C18H22FN3O2/c1-13-16(17(21-24-13)14-7-3-4-8-15(14)19)18(23)20-9-12-22-10-5-2-6-11-22/h3-4,7-8H,2,5-6,9-12H2,1H3,(H,20,23). The maximum Gasteiger partial charge on any atom is 0.257 e. The summed E-state index contributed by atoms with van der Waals surface area (Å²) in [6.45, 7) is 5.22. The van der Waals surface area contributed by atoms with Crippen LogP contribution in [0.2, 0.25) is 0 Å².